The van der Waals surface area contributed by atoms with Gasteiger partial charge in [0.05, 0.1) is 15.6 Å². The highest BCUT2D eigenvalue weighted by Crippen LogP contribution is 2.29. The van der Waals surface area contributed by atoms with Gasteiger partial charge in [0.15, 0.2) is 9.84 Å². The van der Waals surface area contributed by atoms with Crippen molar-refractivity contribution in [3.63, 3.8) is 0 Å². The Morgan fingerprint density at radius 3 is 2.38 bits per heavy atom. The summed E-state index contributed by atoms with van der Waals surface area (Å²) in [5.41, 5.74) is 2.32. The zero-order valence-electron chi connectivity index (χ0n) is 13.8. The number of pyridine rings is 1. The van der Waals surface area contributed by atoms with Crippen LogP contribution in [0.5, 0.6) is 0 Å². The maximum atomic E-state index is 12.4. The highest BCUT2D eigenvalue weighted by atomic mass is 35.5. The van der Waals surface area contributed by atoms with E-state index in [4.69, 9.17) is 11.6 Å². The molecule has 1 heterocycles. The van der Waals surface area contributed by atoms with Gasteiger partial charge in [0.25, 0.3) is 5.91 Å². The van der Waals surface area contributed by atoms with Crippen LogP contribution in [0.3, 0.4) is 0 Å². The summed E-state index contributed by atoms with van der Waals surface area (Å²) in [6, 6.07) is 16.4. The van der Waals surface area contributed by atoms with Crippen molar-refractivity contribution >= 4 is 33.0 Å². The number of nitrogens with one attached hydrogen (secondary N) is 1. The predicted octanol–water partition coefficient (Wildman–Crippen LogP) is 4.06. The van der Waals surface area contributed by atoms with Gasteiger partial charge in [0.1, 0.15) is 0 Å². The number of halogens is 1. The van der Waals surface area contributed by atoms with Gasteiger partial charge in [-0.3, -0.25) is 9.78 Å². The molecule has 3 aromatic rings. The molecule has 5 nitrogen and oxygen atoms in total. The number of aromatic nitrogens is 1. The van der Waals surface area contributed by atoms with Gasteiger partial charge in [-0.15, -0.1) is 0 Å². The monoisotopic (exact) mass is 386 g/mol. The number of hydrogen-bond donors (Lipinski definition) is 1. The second-order valence-corrected chi connectivity index (χ2v) is 8.08. The molecule has 0 bridgehead atoms. The highest BCUT2D eigenvalue weighted by Gasteiger charge is 2.12. The molecule has 1 amide bonds. The average Bonchev–Trinajstić information content (AvgIpc) is 2.63. The molecule has 0 unspecified atom stereocenters. The number of hydrogen-bond acceptors (Lipinski definition) is 4. The third-order valence-electron chi connectivity index (χ3n) is 3.71. The summed E-state index contributed by atoms with van der Waals surface area (Å²) in [5, 5.41) is 3.31. The summed E-state index contributed by atoms with van der Waals surface area (Å²) in [5.74, 6) is -0.348. The standard InChI is InChI=1S/C19H15ClN2O3S/c1-26(24,25)15-8-5-13(6-9-15)19(23)22-14-7-10-17(20)16(12-14)18-4-2-3-11-21-18/h2-12H,1H3,(H,22,23). The first-order valence-corrected chi connectivity index (χ1v) is 9.94. The van der Waals surface area contributed by atoms with Crippen LogP contribution in [0.15, 0.2) is 71.8 Å². The summed E-state index contributed by atoms with van der Waals surface area (Å²) in [6.45, 7) is 0. The molecule has 0 radical (unpaired) electrons. The summed E-state index contributed by atoms with van der Waals surface area (Å²) in [6.07, 6.45) is 2.79. The fraction of sp³-hybridized carbons (Fsp3) is 0.0526. The van der Waals surface area contributed by atoms with E-state index in [9.17, 15) is 13.2 Å². The molecule has 2 aromatic carbocycles. The number of carbonyl (C=O) groups is 1. The van der Waals surface area contributed by atoms with Crippen molar-refractivity contribution in [2.75, 3.05) is 11.6 Å². The van der Waals surface area contributed by atoms with Crippen molar-refractivity contribution in [1.82, 2.24) is 4.98 Å². The molecular formula is C19H15ClN2O3S. The number of rotatable bonds is 4. The van der Waals surface area contributed by atoms with Crippen LogP contribution in [0, 0.1) is 0 Å². The van der Waals surface area contributed by atoms with Crippen LogP contribution in [0.4, 0.5) is 5.69 Å². The second kappa shape index (κ2) is 7.27. The minimum atomic E-state index is -3.30. The molecule has 0 aliphatic rings. The zero-order valence-corrected chi connectivity index (χ0v) is 15.4. The third kappa shape index (κ3) is 4.09. The van der Waals surface area contributed by atoms with Gasteiger partial charge in [0.2, 0.25) is 0 Å². The Kier molecular flexibility index (Phi) is 5.06. The summed E-state index contributed by atoms with van der Waals surface area (Å²) in [4.78, 5) is 16.8. The van der Waals surface area contributed by atoms with E-state index >= 15 is 0 Å². The lowest BCUT2D eigenvalue weighted by atomic mass is 10.1. The van der Waals surface area contributed by atoms with Gasteiger partial charge < -0.3 is 5.32 Å². The second-order valence-electron chi connectivity index (χ2n) is 5.66. The van der Waals surface area contributed by atoms with E-state index in [2.05, 4.69) is 10.3 Å². The minimum absolute atomic E-state index is 0.165. The SMILES string of the molecule is CS(=O)(=O)c1ccc(C(=O)Nc2ccc(Cl)c(-c3ccccn3)c2)cc1. The van der Waals surface area contributed by atoms with E-state index in [0.717, 1.165) is 6.26 Å². The number of anilines is 1. The van der Waals surface area contributed by atoms with Gasteiger partial charge in [0, 0.05) is 29.3 Å². The van der Waals surface area contributed by atoms with Crippen molar-refractivity contribution in [1.29, 1.82) is 0 Å². The van der Waals surface area contributed by atoms with E-state index in [-0.39, 0.29) is 10.8 Å². The van der Waals surface area contributed by atoms with Gasteiger partial charge >= 0.3 is 0 Å². The fourth-order valence-corrected chi connectivity index (χ4v) is 3.22. The Balaban J connectivity index is 1.84. The number of benzene rings is 2. The lowest BCUT2D eigenvalue weighted by Gasteiger charge is -2.09. The van der Waals surface area contributed by atoms with Crippen LogP contribution in [0.2, 0.25) is 5.02 Å². The van der Waals surface area contributed by atoms with Crippen LogP contribution in [0.1, 0.15) is 10.4 Å². The van der Waals surface area contributed by atoms with Crippen molar-refractivity contribution in [3.05, 3.63) is 77.4 Å². The average molecular weight is 387 g/mol. The molecule has 7 heteroatoms. The quantitative estimate of drug-likeness (QED) is 0.733. The molecule has 0 atom stereocenters. The molecular weight excluding hydrogens is 372 g/mol. The molecule has 0 aliphatic heterocycles. The van der Waals surface area contributed by atoms with E-state index in [1.54, 1.807) is 24.4 Å². The third-order valence-corrected chi connectivity index (χ3v) is 5.17. The van der Waals surface area contributed by atoms with Crippen molar-refractivity contribution in [3.8, 4) is 11.3 Å². The summed E-state index contributed by atoms with van der Waals surface area (Å²) < 4.78 is 23.0. The van der Waals surface area contributed by atoms with E-state index < -0.39 is 9.84 Å². The Bertz CT molecular complexity index is 1050. The lowest BCUT2D eigenvalue weighted by molar-refractivity contribution is 0.102. The van der Waals surface area contributed by atoms with Gasteiger partial charge in [-0.2, -0.15) is 0 Å². The van der Waals surface area contributed by atoms with Crippen LogP contribution in [0.25, 0.3) is 11.3 Å². The molecule has 0 spiro atoms. The first-order valence-electron chi connectivity index (χ1n) is 7.67. The molecule has 0 fully saturated rings. The van der Waals surface area contributed by atoms with Crippen LogP contribution in [-0.2, 0) is 9.84 Å². The first kappa shape index (κ1) is 18.1. The maximum absolute atomic E-state index is 12.4. The lowest BCUT2D eigenvalue weighted by Crippen LogP contribution is -2.12. The van der Waals surface area contributed by atoms with Crippen LogP contribution < -0.4 is 5.32 Å². The summed E-state index contributed by atoms with van der Waals surface area (Å²) in [7, 11) is -3.30. The maximum Gasteiger partial charge on any atom is 0.255 e. The molecule has 26 heavy (non-hydrogen) atoms. The Labute approximate surface area is 156 Å². The van der Waals surface area contributed by atoms with Gasteiger partial charge in [-0.1, -0.05) is 17.7 Å². The number of carbonyl (C=O) groups excluding carboxylic acids is 1. The van der Waals surface area contributed by atoms with E-state index in [1.807, 2.05) is 18.2 Å². The van der Waals surface area contributed by atoms with E-state index in [1.165, 1.54) is 24.3 Å². The Morgan fingerprint density at radius 2 is 1.77 bits per heavy atom. The number of sulfone groups is 1. The molecule has 0 aliphatic carbocycles. The molecule has 1 N–H and O–H groups in total. The Morgan fingerprint density at radius 1 is 1.04 bits per heavy atom. The fourth-order valence-electron chi connectivity index (χ4n) is 2.38. The van der Waals surface area contributed by atoms with Crippen LogP contribution in [-0.4, -0.2) is 25.6 Å². The minimum Gasteiger partial charge on any atom is -0.322 e. The Hall–Kier alpha value is -2.70. The molecule has 132 valence electrons. The molecule has 1 aromatic heterocycles. The normalized spacial score (nSPS) is 11.2. The van der Waals surface area contributed by atoms with Crippen molar-refractivity contribution < 1.29 is 13.2 Å². The van der Waals surface area contributed by atoms with E-state index in [0.29, 0.717) is 27.5 Å². The topological polar surface area (TPSA) is 76.1 Å². The highest BCUT2D eigenvalue weighted by molar-refractivity contribution is 7.90. The zero-order chi connectivity index (χ0) is 18.7. The summed E-state index contributed by atoms with van der Waals surface area (Å²) >= 11 is 6.23. The van der Waals surface area contributed by atoms with Gasteiger partial charge in [-0.05, 0) is 54.6 Å². The van der Waals surface area contributed by atoms with Gasteiger partial charge in [-0.25, -0.2) is 8.42 Å². The molecule has 3 rings (SSSR count). The largest absolute Gasteiger partial charge is 0.322 e. The molecule has 0 saturated heterocycles. The van der Waals surface area contributed by atoms with Crippen LogP contribution >= 0.6 is 11.6 Å². The first-order chi connectivity index (χ1) is 12.3. The van der Waals surface area contributed by atoms with Crippen molar-refractivity contribution in [2.24, 2.45) is 0 Å². The smallest absolute Gasteiger partial charge is 0.255 e. The number of nitrogens with zero attached hydrogens (tertiary/aromatic N) is 1. The van der Waals surface area contributed by atoms with Crippen molar-refractivity contribution in [2.45, 2.75) is 4.90 Å². The molecule has 0 saturated carbocycles. The number of amides is 1. The predicted molar refractivity (Wildman–Crippen MR) is 102 cm³/mol.